The van der Waals surface area contributed by atoms with E-state index in [2.05, 4.69) is 4.98 Å². The molecule has 0 aliphatic rings. The number of benzene rings is 2. The van der Waals surface area contributed by atoms with E-state index in [1.807, 2.05) is 0 Å². The quantitative estimate of drug-likeness (QED) is 0.423. The van der Waals surface area contributed by atoms with Crippen LogP contribution in [0.3, 0.4) is 0 Å². The van der Waals surface area contributed by atoms with Gasteiger partial charge in [-0.1, -0.05) is 29.3 Å². The van der Waals surface area contributed by atoms with Gasteiger partial charge in [0.15, 0.2) is 5.82 Å². The van der Waals surface area contributed by atoms with Crippen molar-refractivity contribution in [2.75, 3.05) is 4.31 Å². The zero-order valence-corrected chi connectivity index (χ0v) is 18.5. The maximum absolute atomic E-state index is 13.4. The molecule has 1 heterocycles. The summed E-state index contributed by atoms with van der Waals surface area (Å²) in [6.07, 6.45) is -4.35. The van der Waals surface area contributed by atoms with Crippen molar-refractivity contribution in [1.29, 1.82) is 0 Å². The number of halogens is 6. The summed E-state index contributed by atoms with van der Waals surface area (Å²) in [5.74, 6) is -2.51. The van der Waals surface area contributed by atoms with E-state index >= 15 is 0 Å². The Morgan fingerprint density at radius 1 is 1.03 bits per heavy atom. The minimum absolute atomic E-state index is 0.113. The Balaban J connectivity index is 2.15. The van der Waals surface area contributed by atoms with Crippen molar-refractivity contribution in [2.45, 2.75) is 17.6 Å². The van der Waals surface area contributed by atoms with Gasteiger partial charge in [-0.2, -0.15) is 13.2 Å². The van der Waals surface area contributed by atoms with Crippen LogP contribution in [0.25, 0.3) is 0 Å². The number of carboxylic acids is 1. The second-order valence-electron chi connectivity index (χ2n) is 6.60. The number of hydrogen-bond acceptors (Lipinski definition) is 4. The first-order chi connectivity index (χ1) is 15.3. The number of alkyl halides is 3. The summed E-state index contributed by atoms with van der Waals surface area (Å²) in [7, 11) is -4.53. The number of pyridine rings is 1. The predicted octanol–water partition coefficient (Wildman–Crippen LogP) is 5.64. The molecule has 13 heteroatoms. The fourth-order valence-corrected chi connectivity index (χ4v) is 4.71. The molecule has 0 saturated carbocycles. The van der Waals surface area contributed by atoms with E-state index in [1.54, 1.807) is 0 Å². The van der Waals surface area contributed by atoms with Gasteiger partial charge in [0, 0.05) is 11.2 Å². The van der Waals surface area contributed by atoms with Crippen LogP contribution in [0, 0.1) is 5.82 Å². The molecule has 0 fully saturated rings. The van der Waals surface area contributed by atoms with Crippen molar-refractivity contribution in [3.63, 3.8) is 0 Å². The summed E-state index contributed by atoms with van der Waals surface area (Å²) >= 11 is 12.0. The summed E-state index contributed by atoms with van der Waals surface area (Å²) in [4.78, 5) is 14.3. The highest BCUT2D eigenvalue weighted by atomic mass is 35.5. The third kappa shape index (κ3) is 5.37. The van der Waals surface area contributed by atoms with Gasteiger partial charge in [0.2, 0.25) is 0 Å². The number of nitrogens with zero attached hydrogens (tertiary/aromatic N) is 2. The highest BCUT2D eigenvalue weighted by Gasteiger charge is 2.34. The molecule has 6 nitrogen and oxygen atoms in total. The molecule has 3 aromatic rings. The van der Waals surface area contributed by atoms with Crippen molar-refractivity contribution in [3.8, 4) is 0 Å². The van der Waals surface area contributed by atoms with Gasteiger partial charge in [0.1, 0.15) is 5.82 Å². The molecule has 0 radical (unpaired) electrons. The first-order valence-electron chi connectivity index (χ1n) is 8.83. The van der Waals surface area contributed by atoms with Crippen LogP contribution in [0.15, 0.2) is 59.6 Å². The van der Waals surface area contributed by atoms with Gasteiger partial charge in [-0.25, -0.2) is 26.9 Å². The first kappa shape index (κ1) is 24.7. The smallest absolute Gasteiger partial charge is 0.417 e. The lowest BCUT2D eigenvalue weighted by Gasteiger charge is -2.25. The molecule has 0 saturated heterocycles. The number of sulfonamides is 1. The van der Waals surface area contributed by atoms with E-state index in [1.165, 1.54) is 6.07 Å². The maximum Gasteiger partial charge on any atom is 0.417 e. The van der Waals surface area contributed by atoms with Crippen LogP contribution >= 0.6 is 23.2 Å². The molecule has 1 aromatic heterocycles. The number of aromatic carboxylic acids is 1. The SMILES string of the molecule is O=C(O)c1ccc(S(=O)(=O)N(Cc2ccc(F)cc2Cl)c2ncc(C(F)(F)F)cc2Cl)cc1. The molecule has 0 unspecified atom stereocenters. The Morgan fingerprint density at radius 2 is 1.67 bits per heavy atom. The molecule has 0 amide bonds. The van der Waals surface area contributed by atoms with Crippen LogP contribution in [-0.4, -0.2) is 24.5 Å². The van der Waals surface area contributed by atoms with E-state index in [-0.39, 0.29) is 21.0 Å². The maximum atomic E-state index is 13.4. The van der Waals surface area contributed by atoms with Crippen molar-refractivity contribution in [3.05, 3.63) is 87.3 Å². The summed E-state index contributed by atoms with van der Waals surface area (Å²) in [6.45, 7) is -0.555. The minimum Gasteiger partial charge on any atom is -0.478 e. The van der Waals surface area contributed by atoms with Gasteiger partial charge in [0.25, 0.3) is 10.0 Å². The molecule has 0 aliphatic heterocycles. The van der Waals surface area contributed by atoms with E-state index in [0.717, 1.165) is 36.4 Å². The predicted molar refractivity (Wildman–Crippen MR) is 112 cm³/mol. The highest BCUT2D eigenvalue weighted by Crippen LogP contribution is 2.36. The molecule has 0 atom stereocenters. The van der Waals surface area contributed by atoms with Crippen LogP contribution in [-0.2, 0) is 22.7 Å². The largest absolute Gasteiger partial charge is 0.478 e. The molecule has 2 aromatic carbocycles. The van der Waals surface area contributed by atoms with E-state index in [9.17, 15) is 30.8 Å². The van der Waals surface area contributed by atoms with Gasteiger partial charge in [-0.3, -0.25) is 0 Å². The number of anilines is 1. The number of carboxylic acid groups (broad SMARTS) is 1. The average molecular weight is 523 g/mol. The molecular formula is C20H12Cl2F4N2O4S. The molecule has 174 valence electrons. The second-order valence-corrected chi connectivity index (χ2v) is 9.28. The van der Waals surface area contributed by atoms with Gasteiger partial charge in [-0.15, -0.1) is 0 Å². The Labute approximate surface area is 195 Å². The third-order valence-corrected chi connectivity index (χ3v) is 6.78. The monoisotopic (exact) mass is 522 g/mol. The van der Waals surface area contributed by atoms with Crippen molar-refractivity contribution in [2.24, 2.45) is 0 Å². The molecule has 0 spiro atoms. The fraction of sp³-hybridized carbons (Fsp3) is 0.100. The van der Waals surface area contributed by atoms with E-state index < -0.39 is 50.9 Å². The Morgan fingerprint density at radius 3 is 2.18 bits per heavy atom. The third-order valence-electron chi connectivity index (χ3n) is 4.40. The van der Waals surface area contributed by atoms with Crippen LogP contribution < -0.4 is 4.31 Å². The number of aromatic nitrogens is 1. The average Bonchev–Trinajstić information content (AvgIpc) is 2.73. The van der Waals surface area contributed by atoms with E-state index in [0.29, 0.717) is 16.6 Å². The number of hydrogen-bond donors (Lipinski definition) is 1. The van der Waals surface area contributed by atoms with Crippen molar-refractivity contribution in [1.82, 2.24) is 4.98 Å². The first-order valence-corrected chi connectivity index (χ1v) is 11.0. The number of rotatable bonds is 6. The Bertz CT molecular complexity index is 1320. The Hall–Kier alpha value is -2.89. The summed E-state index contributed by atoms with van der Waals surface area (Å²) in [6, 6.07) is 7.78. The topological polar surface area (TPSA) is 87.6 Å². The molecule has 1 N–H and O–H groups in total. The standard InChI is InChI=1S/C20H12Cl2F4N2O4S/c21-16-8-14(23)4-1-12(16)10-28(18-17(22)7-13(9-27-18)20(24,25)26)33(31,32)15-5-2-11(3-6-15)19(29)30/h1-9H,10H2,(H,29,30). The van der Waals surface area contributed by atoms with Gasteiger partial charge in [0.05, 0.1) is 27.6 Å². The fourth-order valence-electron chi connectivity index (χ4n) is 2.74. The molecule has 0 bridgehead atoms. The normalized spacial score (nSPS) is 11.9. The second kappa shape index (κ2) is 9.16. The molecule has 3 rings (SSSR count). The lowest BCUT2D eigenvalue weighted by atomic mass is 10.2. The van der Waals surface area contributed by atoms with Gasteiger partial charge >= 0.3 is 12.1 Å². The van der Waals surface area contributed by atoms with Crippen LogP contribution in [0.4, 0.5) is 23.4 Å². The Kier molecular flexibility index (Phi) is 6.87. The summed E-state index contributed by atoms with van der Waals surface area (Å²) in [5, 5.41) is 8.26. The molecule has 33 heavy (non-hydrogen) atoms. The lowest BCUT2D eigenvalue weighted by Crippen LogP contribution is -2.32. The zero-order chi connectivity index (χ0) is 24.6. The van der Waals surface area contributed by atoms with Crippen LogP contribution in [0.1, 0.15) is 21.5 Å². The van der Waals surface area contributed by atoms with Gasteiger partial charge < -0.3 is 5.11 Å². The summed E-state index contributed by atoms with van der Waals surface area (Å²) < 4.78 is 79.8. The lowest BCUT2D eigenvalue weighted by molar-refractivity contribution is -0.137. The van der Waals surface area contributed by atoms with Gasteiger partial charge in [-0.05, 0) is 48.0 Å². The zero-order valence-electron chi connectivity index (χ0n) is 16.1. The molecular weight excluding hydrogens is 511 g/mol. The van der Waals surface area contributed by atoms with Crippen molar-refractivity contribution < 1.29 is 35.9 Å². The minimum atomic E-state index is -4.77. The van der Waals surface area contributed by atoms with Crippen LogP contribution in [0.2, 0.25) is 10.0 Å². The summed E-state index contributed by atoms with van der Waals surface area (Å²) in [5.41, 5.74) is -1.27. The highest BCUT2D eigenvalue weighted by molar-refractivity contribution is 7.92. The molecule has 0 aliphatic carbocycles. The van der Waals surface area contributed by atoms with E-state index in [4.69, 9.17) is 28.3 Å². The number of carbonyl (C=O) groups is 1. The van der Waals surface area contributed by atoms with Crippen molar-refractivity contribution >= 4 is 45.0 Å². The van der Waals surface area contributed by atoms with Crippen LogP contribution in [0.5, 0.6) is 0 Å².